The average Bonchev–Trinajstić information content (AvgIpc) is 3.10. The van der Waals surface area contributed by atoms with Crippen LogP contribution in [0.3, 0.4) is 0 Å². The first-order valence-electron chi connectivity index (χ1n) is 7.72. The molecule has 126 valence electrons. The molecule has 2 aromatic rings. The van der Waals surface area contributed by atoms with Crippen molar-refractivity contribution in [3.63, 3.8) is 0 Å². The van der Waals surface area contributed by atoms with Crippen molar-refractivity contribution in [2.45, 2.75) is 42.7 Å². The Kier molecular flexibility index (Phi) is 3.26. The second kappa shape index (κ2) is 5.12. The van der Waals surface area contributed by atoms with Gasteiger partial charge >= 0.3 is 0 Å². The van der Waals surface area contributed by atoms with Crippen LogP contribution in [0.2, 0.25) is 0 Å². The minimum Gasteiger partial charge on any atom is -0.337 e. The summed E-state index contributed by atoms with van der Waals surface area (Å²) in [7, 11) is -3.56. The number of amidine groups is 1. The maximum atomic E-state index is 12.1. The summed E-state index contributed by atoms with van der Waals surface area (Å²) in [5, 5.41) is 3.96. The highest BCUT2D eigenvalue weighted by Crippen LogP contribution is 2.37. The lowest BCUT2D eigenvalue weighted by molar-refractivity contribution is 0.228. The van der Waals surface area contributed by atoms with E-state index in [9.17, 15) is 8.42 Å². The molecule has 1 aromatic heterocycles. The van der Waals surface area contributed by atoms with Crippen molar-refractivity contribution in [3.05, 3.63) is 41.5 Å². The fraction of sp³-hybridized carbons (Fsp3) is 0.400. The molecule has 2 aliphatic rings. The maximum absolute atomic E-state index is 12.1. The molecule has 1 aromatic carbocycles. The Bertz CT molecular complexity index is 930. The number of sulfonamides is 1. The molecule has 1 atom stereocenters. The lowest BCUT2D eigenvalue weighted by atomic mass is 9.77. The zero-order valence-electron chi connectivity index (χ0n) is 13.1. The fourth-order valence-corrected chi connectivity index (χ4v) is 4.11. The van der Waals surface area contributed by atoms with Gasteiger partial charge in [-0.25, -0.2) is 8.42 Å². The molecule has 4 rings (SSSR count). The number of nitrogens with zero attached hydrogens (tertiary/aromatic N) is 3. The van der Waals surface area contributed by atoms with Gasteiger partial charge in [0, 0.05) is 5.56 Å². The Morgan fingerprint density at radius 3 is 2.83 bits per heavy atom. The minimum atomic E-state index is -3.56. The van der Waals surface area contributed by atoms with Crippen LogP contribution in [-0.2, 0) is 15.6 Å². The van der Waals surface area contributed by atoms with Crippen molar-refractivity contribution >= 4 is 15.9 Å². The Hall–Kier alpha value is -2.26. The van der Waals surface area contributed by atoms with Crippen LogP contribution in [0, 0.1) is 0 Å². The molecule has 2 heterocycles. The van der Waals surface area contributed by atoms with Crippen LogP contribution in [0.4, 0.5) is 0 Å². The molecule has 8 nitrogen and oxygen atoms in total. The van der Waals surface area contributed by atoms with Crippen molar-refractivity contribution in [1.29, 1.82) is 0 Å². The van der Waals surface area contributed by atoms with Gasteiger partial charge in [-0.05, 0) is 38.3 Å². The molecule has 1 unspecified atom stereocenters. The normalized spacial score (nSPS) is 23.3. The predicted molar refractivity (Wildman–Crippen MR) is 85.7 cm³/mol. The Morgan fingerprint density at radius 1 is 1.38 bits per heavy atom. The van der Waals surface area contributed by atoms with E-state index in [1.54, 1.807) is 31.2 Å². The standard InChI is InChI=1S/C15H17N5O3S/c1-9(13-18-14(19-23-13)15(16)7-4-8-15)17-12-10-5-2-3-6-11(10)24(21,22)20-12/h2-3,5-6,9H,4,7-8,16H2,1H3,(H,17,20). The smallest absolute Gasteiger partial charge is 0.263 e. The number of nitrogens with two attached hydrogens (primary N) is 1. The fourth-order valence-electron chi connectivity index (χ4n) is 2.87. The van der Waals surface area contributed by atoms with Crippen LogP contribution < -0.4 is 10.5 Å². The average molecular weight is 347 g/mol. The van der Waals surface area contributed by atoms with Crippen LogP contribution >= 0.6 is 0 Å². The van der Waals surface area contributed by atoms with Gasteiger partial charge in [0.1, 0.15) is 11.9 Å². The lowest BCUT2D eigenvalue weighted by Crippen LogP contribution is -2.44. The van der Waals surface area contributed by atoms with Crippen LogP contribution in [0.25, 0.3) is 0 Å². The van der Waals surface area contributed by atoms with Gasteiger partial charge in [0.05, 0.1) is 10.4 Å². The molecular formula is C15H17N5O3S. The number of fused-ring (bicyclic) bond motifs is 1. The van der Waals surface area contributed by atoms with Crippen molar-refractivity contribution in [3.8, 4) is 0 Å². The molecular weight excluding hydrogens is 330 g/mol. The van der Waals surface area contributed by atoms with Gasteiger partial charge in [0.2, 0.25) is 0 Å². The highest BCUT2D eigenvalue weighted by molar-refractivity contribution is 7.90. The van der Waals surface area contributed by atoms with Crippen LogP contribution in [0.1, 0.15) is 49.5 Å². The monoisotopic (exact) mass is 347 g/mol. The number of benzene rings is 1. The Labute approximate surface area is 139 Å². The summed E-state index contributed by atoms with van der Waals surface area (Å²) in [5.41, 5.74) is 6.22. The largest absolute Gasteiger partial charge is 0.337 e. The molecule has 9 heteroatoms. The molecule has 1 aliphatic heterocycles. The SMILES string of the molecule is CC(N=C1NS(=O)(=O)c2ccccc21)c1nc(C2(N)CCC2)no1. The van der Waals surface area contributed by atoms with Gasteiger partial charge in [-0.3, -0.25) is 9.71 Å². The molecule has 1 fully saturated rings. The molecule has 1 aliphatic carbocycles. The summed E-state index contributed by atoms with van der Waals surface area (Å²) in [6.45, 7) is 1.77. The first-order chi connectivity index (χ1) is 11.4. The van der Waals surface area contributed by atoms with Crippen LogP contribution in [0.5, 0.6) is 0 Å². The van der Waals surface area contributed by atoms with Crippen molar-refractivity contribution in [1.82, 2.24) is 14.9 Å². The lowest BCUT2D eigenvalue weighted by Gasteiger charge is -2.34. The number of rotatable bonds is 3. The summed E-state index contributed by atoms with van der Waals surface area (Å²) in [6, 6.07) is 6.21. The summed E-state index contributed by atoms with van der Waals surface area (Å²) >= 11 is 0. The first-order valence-corrected chi connectivity index (χ1v) is 9.20. The van der Waals surface area contributed by atoms with E-state index >= 15 is 0 Å². The molecule has 24 heavy (non-hydrogen) atoms. The number of hydrogen-bond donors (Lipinski definition) is 2. The molecule has 1 saturated carbocycles. The van der Waals surface area contributed by atoms with Crippen molar-refractivity contribution in [2.24, 2.45) is 10.7 Å². The van der Waals surface area contributed by atoms with Crippen LogP contribution in [0.15, 0.2) is 38.7 Å². The van der Waals surface area contributed by atoms with E-state index in [0.717, 1.165) is 19.3 Å². The van der Waals surface area contributed by atoms with E-state index in [-0.39, 0.29) is 10.7 Å². The predicted octanol–water partition coefficient (Wildman–Crippen LogP) is 1.21. The van der Waals surface area contributed by atoms with E-state index in [1.807, 2.05) is 0 Å². The van der Waals surface area contributed by atoms with Gasteiger partial charge in [-0.2, -0.15) is 4.98 Å². The Morgan fingerprint density at radius 2 is 2.12 bits per heavy atom. The molecule has 0 radical (unpaired) electrons. The van der Waals surface area contributed by atoms with Gasteiger partial charge < -0.3 is 10.3 Å². The highest BCUT2D eigenvalue weighted by Gasteiger charge is 2.39. The van der Waals surface area contributed by atoms with Gasteiger partial charge in [-0.1, -0.05) is 17.3 Å². The van der Waals surface area contributed by atoms with Crippen molar-refractivity contribution < 1.29 is 12.9 Å². The van der Waals surface area contributed by atoms with Gasteiger partial charge in [-0.15, -0.1) is 0 Å². The highest BCUT2D eigenvalue weighted by atomic mass is 32.2. The second-order valence-electron chi connectivity index (χ2n) is 6.22. The molecule has 3 N–H and O–H groups in total. The molecule has 0 bridgehead atoms. The summed E-state index contributed by atoms with van der Waals surface area (Å²) in [5.74, 6) is 1.09. The third-order valence-electron chi connectivity index (χ3n) is 4.48. The molecule has 0 spiro atoms. The minimum absolute atomic E-state index is 0.220. The third-order valence-corrected chi connectivity index (χ3v) is 5.87. The summed E-state index contributed by atoms with van der Waals surface area (Å²) in [6.07, 6.45) is 2.72. The summed E-state index contributed by atoms with van der Waals surface area (Å²) in [4.78, 5) is 8.98. The number of nitrogens with one attached hydrogen (secondary N) is 1. The van der Waals surface area contributed by atoms with Crippen molar-refractivity contribution in [2.75, 3.05) is 0 Å². The third kappa shape index (κ3) is 2.31. The second-order valence-corrected chi connectivity index (χ2v) is 7.87. The van der Waals surface area contributed by atoms with Gasteiger partial charge in [0.25, 0.3) is 15.9 Å². The van der Waals surface area contributed by atoms with E-state index < -0.39 is 21.6 Å². The maximum Gasteiger partial charge on any atom is 0.263 e. The molecule has 0 amide bonds. The number of hydrogen-bond acceptors (Lipinski definition) is 7. The number of aliphatic imine (C=N–C) groups is 1. The molecule has 0 saturated heterocycles. The van der Waals surface area contributed by atoms with Crippen LogP contribution in [-0.4, -0.2) is 24.4 Å². The van der Waals surface area contributed by atoms with E-state index in [2.05, 4.69) is 19.9 Å². The first kappa shape index (κ1) is 15.3. The topological polar surface area (TPSA) is 123 Å². The van der Waals surface area contributed by atoms with E-state index in [1.165, 1.54) is 0 Å². The van der Waals surface area contributed by atoms with E-state index in [0.29, 0.717) is 17.3 Å². The zero-order valence-corrected chi connectivity index (χ0v) is 13.9. The number of aromatic nitrogens is 2. The Balaban J connectivity index is 1.65. The summed E-state index contributed by atoms with van der Waals surface area (Å²) < 4.78 is 31.9. The van der Waals surface area contributed by atoms with E-state index in [4.69, 9.17) is 10.3 Å². The van der Waals surface area contributed by atoms with Gasteiger partial charge in [0.15, 0.2) is 5.82 Å². The zero-order chi connectivity index (χ0) is 16.9. The quantitative estimate of drug-likeness (QED) is 0.860.